The first kappa shape index (κ1) is 26.1. The molecule has 7 heteroatoms. The van der Waals surface area contributed by atoms with E-state index < -0.39 is 0 Å². The third-order valence-corrected chi connectivity index (χ3v) is 5.79. The van der Waals surface area contributed by atoms with Crippen LogP contribution >= 0.6 is 24.0 Å². The van der Waals surface area contributed by atoms with Gasteiger partial charge in [0.2, 0.25) is 0 Å². The molecule has 0 amide bonds. The van der Waals surface area contributed by atoms with Crippen molar-refractivity contribution >= 4 is 29.9 Å². The molecule has 3 N–H and O–H groups in total. The van der Waals surface area contributed by atoms with E-state index in [-0.39, 0.29) is 47.9 Å². The fourth-order valence-electron chi connectivity index (χ4n) is 4.12. The van der Waals surface area contributed by atoms with Crippen LogP contribution in [0, 0.1) is 11.2 Å². The molecule has 1 aliphatic carbocycles. The Morgan fingerprint density at radius 2 is 1.97 bits per heavy atom. The molecule has 0 heterocycles. The molecule has 0 bridgehead atoms. The molecule has 1 saturated carbocycles. The monoisotopic (exact) mass is 520 g/mol. The highest BCUT2D eigenvalue weighted by molar-refractivity contribution is 14.0. The summed E-state index contributed by atoms with van der Waals surface area (Å²) in [5.41, 5.74) is 1.07. The molecule has 0 aromatic heterocycles. The number of guanidine groups is 1. The van der Waals surface area contributed by atoms with Crippen LogP contribution in [0.5, 0.6) is 0 Å². The number of nitrogens with one attached hydrogen (secondary N) is 2. The molecular formula is C22H38FIN4O. The number of aliphatic hydroxyl groups excluding tert-OH is 1. The van der Waals surface area contributed by atoms with Crippen molar-refractivity contribution < 1.29 is 9.50 Å². The molecule has 1 aliphatic rings. The normalized spacial score (nSPS) is 17.5. The first-order valence-corrected chi connectivity index (χ1v) is 10.5. The standard InChI is InChI=1S/C22H37FN4O.HI/c1-4-24-21(26-17-22(13-14-28)11-6-5-7-12-22)25-16-20(27(2)3)18-9-8-10-19(23)15-18;/h8-10,15,20,28H,4-7,11-14,16-17H2,1-3H3,(H2,24,25,26);1H. The van der Waals surface area contributed by atoms with Crippen molar-refractivity contribution in [1.29, 1.82) is 0 Å². The molecule has 1 atom stereocenters. The van der Waals surface area contributed by atoms with Gasteiger partial charge < -0.3 is 20.6 Å². The fraction of sp³-hybridized carbons (Fsp3) is 0.682. The van der Waals surface area contributed by atoms with E-state index in [0.717, 1.165) is 43.9 Å². The van der Waals surface area contributed by atoms with E-state index in [4.69, 9.17) is 4.99 Å². The van der Waals surface area contributed by atoms with Crippen LogP contribution in [0.2, 0.25) is 0 Å². The Labute approximate surface area is 192 Å². The van der Waals surface area contributed by atoms with Gasteiger partial charge in [0.05, 0.1) is 6.04 Å². The number of nitrogens with zero attached hydrogens (tertiary/aromatic N) is 2. The maximum absolute atomic E-state index is 13.7. The summed E-state index contributed by atoms with van der Waals surface area (Å²) >= 11 is 0. The first-order valence-electron chi connectivity index (χ1n) is 10.5. The smallest absolute Gasteiger partial charge is 0.191 e. The van der Waals surface area contributed by atoms with Gasteiger partial charge in [0.25, 0.3) is 0 Å². The van der Waals surface area contributed by atoms with Crippen molar-refractivity contribution in [3.8, 4) is 0 Å². The summed E-state index contributed by atoms with van der Waals surface area (Å²) in [7, 11) is 4.00. The number of hydrogen-bond acceptors (Lipinski definition) is 3. The van der Waals surface area contributed by atoms with Gasteiger partial charge in [0.1, 0.15) is 5.82 Å². The molecule has 1 fully saturated rings. The van der Waals surface area contributed by atoms with Crippen molar-refractivity contribution in [3.05, 3.63) is 35.6 Å². The quantitative estimate of drug-likeness (QED) is 0.263. The van der Waals surface area contributed by atoms with Crippen LogP contribution in [0.15, 0.2) is 29.3 Å². The first-order chi connectivity index (χ1) is 13.5. The average Bonchev–Trinajstić information content (AvgIpc) is 2.67. The second-order valence-electron chi connectivity index (χ2n) is 8.14. The predicted molar refractivity (Wildman–Crippen MR) is 129 cm³/mol. The van der Waals surface area contributed by atoms with Gasteiger partial charge in [0, 0.05) is 26.2 Å². The number of halogens is 2. The van der Waals surface area contributed by atoms with Gasteiger partial charge in [0.15, 0.2) is 5.96 Å². The molecule has 0 spiro atoms. The third kappa shape index (κ3) is 8.38. The van der Waals surface area contributed by atoms with E-state index >= 15 is 0 Å². The van der Waals surface area contributed by atoms with Gasteiger partial charge in [-0.25, -0.2) is 4.39 Å². The third-order valence-electron chi connectivity index (χ3n) is 5.79. The highest BCUT2D eigenvalue weighted by Gasteiger charge is 2.31. The van der Waals surface area contributed by atoms with E-state index in [9.17, 15) is 9.50 Å². The number of benzene rings is 1. The van der Waals surface area contributed by atoms with E-state index in [1.54, 1.807) is 12.1 Å². The zero-order chi connectivity index (χ0) is 20.4. The van der Waals surface area contributed by atoms with Gasteiger partial charge in [-0.3, -0.25) is 4.99 Å². The van der Waals surface area contributed by atoms with Crippen LogP contribution in [0.4, 0.5) is 4.39 Å². The lowest BCUT2D eigenvalue weighted by atomic mass is 9.72. The van der Waals surface area contributed by atoms with E-state index in [2.05, 4.69) is 22.5 Å². The van der Waals surface area contributed by atoms with E-state index in [0.29, 0.717) is 6.54 Å². The minimum atomic E-state index is -0.215. The van der Waals surface area contributed by atoms with Gasteiger partial charge in [-0.05, 0) is 63.4 Å². The average molecular weight is 520 g/mol. The lowest BCUT2D eigenvalue weighted by Gasteiger charge is -2.36. The molecule has 1 aromatic carbocycles. The van der Waals surface area contributed by atoms with E-state index in [1.807, 2.05) is 20.2 Å². The van der Waals surface area contributed by atoms with Crippen molar-refractivity contribution in [1.82, 2.24) is 15.5 Å². The summed E-state index contributed by atoms with van der Waals surface area (Å²) in [4.78, 5) is 6.94. The topological polar surface area (TPSA) is 59.9 Å². The Bertz CT molecular complexity index is 615. The maximum atomic E-state index is 13.7. The van der Waals surface area contributed by atoms with Crippen molar-refractivity contribution in [3.63, 3.8) is 0 Å². The van der Waals surface area contributed by atoms with Crippen LogP contribution in [0.25, 0.3) is 0 Å². The number of likely N-dealkylation sites (N-methyl/N-ethyl adjacent to an activating group) is 1. The summed E-state index contributed by atoms with van der Waals surface area (Å²) in [5.74, 6) is 0.571. The Balaban J connectivity index is 0.00000420. The summed E-state index contributed by atoms with van der Waals surface area (Å²) in [6.07, 6.45) is 6.83. The maximum Gasteiger partial charge on any atom is 0.191 e. The van der Waals surface area contributed by atoms with Gasteiger partial charge in [-0.15, -0.1) is 24.0 Å². The lowest BCUT2D eigenvalue weighted by Crippen LogP contribution is -2.42. The zero-order valence-electron chi connectivity index (χ0n) is 18.1. The number of hydrogen-bond donors (Lipinski definition) is 3. The second kappa shape index (κ2) is 13.4. The molecule has 29 heavy (non-hydrogen) atoms. The van der Waals surface area contributed by atoms with Gasteiger partial charge in [-0.2, -0.15) is 0 Å². The van der Waals surface area contributed by atoms with Crippen molar-refractivity contribution in [2.45, 2.75) is 51.5 Å². The molecule has 0 saturated heterocycles. The molecule has 2 rings (SSSR count). The molecule has 1 unspecified atom stereocenters. The summed E-state index contributed by atoms with van der Waals surface area (Å²) in [6.45, 7) is 4.43. The summed E-state index contributed by atoms with van der Waals surface area (Å²) in [6, 6.07) is 6.81. The Morgan fingerprint density at radius 1 is 1.24 bits per heavy atom. The number of aliphatic imine (C=N–C) groups is 1. The van der Waals surface area contributed by atoms with Gasteiger partial charge >= 0.3 is 0 Å². The van der Waals surface area contributed by atoms with Gasteiger partial charge in [-0.1, -0.05) is 31.4 Å². The number of aliphatic hydroxyl groups is 1. The molecule has 0 radical (unpaired) electrons. The van der Waals surface area contributed by atoms with Crippen LogP contribution in [-0.4, -0.2) is 56.3 Å². The van der Waals surface area contributed by atoms with E-state index in [1.165, 1.54) is 25.3 Å². The fourth-order valence-corrected chi connectivity index (χ4v) is 4.12. The molecule has 166 valence electrons. The van der Waals surface area contributed by atoms with Crippen LogP contribution in [0.1, 0.15) is 57.1 Å². The Kier molecular flexibility index (Phi) is 12.1. The predicted octanol–water partition coefficient (Wildman–Crippen LogP) is 3.93. The molecule has 5 nitrogen and oxygen atoms in total. The minimum absolute atomic E-state index is 0. The highest BCUT2D eigenvalue weighted by Crippen LogP contribution is 2.39. The van der Waals surface area contributed by atoms with Crippen molar-refractivity contribution in [2.75, 3.05) is 40.3 Å². The van der Waals surface area contributed by atoms with Crippen LogP contribution in [-0.2, 0) is 0 Å². The highest BCUT2D eigenvalue weighted by atomic mass is 127. The second-order valence-corrected chi connectivity index (χ2v) is 8.14. The SMILES string of the molecule is CCNC(=NCC1(CCO)CCCCC1)NCC(c1cccc(F)c1)N(C)C.I. The van der Waals surface area contributed by atoms with Crippen LogP contribution < -0.4 is 10.6 Å². The molecule has 1 aromatic rings. The summed E-state index contributed by atoms with van der Waals surface area (Å²) < 4.78 is 13.7. The Hall–Kier alpha value is -0.930. The molecule has 0 aliphatic heterocycles. The van der Waals surface area contributed by atoms with Crippen LogP contribution in [0.3, 0.4) is 0 Å². The minimum Gasteiger partial charge on any atom is -0.396 e. The summed E-state index contributed by atoms with van der Waals surface area (Å²) in [5, 5.41) is 16.3. The number of rotatable bonds is 9. The largest absolute Gasteiger partial charge is 0.396 e. The zero-order valence-corrected chi connectivity index (χ0v) is 20.4. The lowest BCUT2D eigenvalue weighted by molar-refractivity contribution is 0.137. The Morgan fingerprint density at radius 3 is 2.55 bits per heavy atom. The molecular weight excluding hydrogens is 482 g/mol. The van der Waals surface area contributed by atoms with Crippen molar-refractivity contribution in [2.24, 2.45) is 10.4 Å².